The molecule has 5 aliphatic carbocycles. The molecule has 236 valence electrons. The van der Waals surface area contributed by atoms with E-state index < -0.39 is 18.0 Å². The first-order valence-electron chi connectivity index (χ1n) is 16.9. The number of aliphatic hydroxyl groups excluding tert-OH is 1. The maximum absolute atomic E-state index is 11.5. The Balaban J connectivity index is 1.43. The van der Waals surface area contributed by atoms with Crippen molar-refractivity contribution in [2.75, 3.05) is 6.54 Å². The number of carboxylic acids is 2. The molecule has 4 saturated carbocycles. The molecule has 0 aromatic rings. The lowest BCUT2D eigenvalue weighted by molar-refractivity contribution is -0.218. The Morgan fingerprint density at radius 3 is 2.33 bits per heavy atom. The zero-order valence-corrected chi connectivity index (χ0v) is 27.1. The Kier molecular flexibility index (Phi) is 8.35. The highest BCUT2D eigenvalue weighted by molar-refractivity contribution is 5.72. The summed E-state index contributed by atoms with van der Waals surface area (Å²) >= 11 is 0. The molecule has 0 spiro atoms. The number of aliphatic carboxylic acids is 2. The SMILES string of the molecule is CC/C=C(\CCC(=O)O)C1=CCC2(C)C(CCC3(C)C2CCC2[C@H]4CCCC4(NCC(O)C(=O)O)CC[C@]23C)C1(C)C. The number of carboxylic acid groups (broad SMARTS) is 2. The largest absolute Gasteiger partial charge is 0.481 e. The van der Waals surface area contributed by atoms with Gasteiger partial charge >= 0.3 is 11.9 Å². The Labute approximate surface area is 253 Å². The van der Waals surface area contributed by atoms with Crippen LogP contribution in [0.3, 0.4) is 0 Å². The van der Waals surface area contributed by atoms with E-state index in [1.807, 2.05) is 0 Å². The van der Waals surface area contributed by atoms with Crippen LogP contribution in [0.25, 0.3) is 0 Å². The van der Waals surface area contributed by atoms with Gasteiger partial charge in [0.15, 0.2) is 6.10 Å². The molecule has 0 aliphatic heterocycles. The molecule has 42 heavy (non-hydrogen) atoms. The molecule has 6 nitrogen and oxygen atoms in total. The van der Waals surface area contributed by atoms with Gasteiger partial charge in [0, 0.05) is 18.5 Å². The minimum atomic E-state index is -1.35. The van der Waals surface area contributed by atoms with Gasteiger partial charge in [0.2, 0.25) is 0 Å². The molecule has 0 amide bonds. The smallest absolute Gasteiger partial charge is 0.333 e. The van der Waals surface area contributed by atoms with Crippen molar-refractivity contribution in [2.24, 2.45) is 45.3 Å². The van der Waals surface area contributed by atoms with E-state index in [0.717, 1.165) is 25.7 Å². The average molecular weight is 584 g/mol. The van der Waals surface area contributed by atoms with Gasteiger partial charge in [-0.2, -0.15) is 0 Å². The topological polar surface area (TPSA) is 107 Å². The molecule has 5 aliphatic rings. The molecule has 4 fully saturated rings. The summed E-state index contributed by atoms with van der Waals surface area (Å²) < 4.78 is 0. The summed E-state index contributed by atoms with van der Waals surface area (Å²) in [6, 6.07) is 0. The third-order valence-electron chi connectivity index (χ3n) is 14.3. The summed E-state index contributed by atoms with van der Waals surface area (Å²) in [7, 11) is 0. The van der Waals surface area contributed by atoms with Crippen LogP contribution in [-0.2, 0) is 9.59 Å². The van der Waals surface area contributed by atoms with E-state index in [1.54, 1.807) is 0 Å². The summed E-state index contributed by atoms with van der Waals surface area (Å²) in [5, 5.41) is 32.4. The van der Waals surface area contributed by atoms with E-state index in [4.69, 9.17) is 0 Å². The molecule has 0 bridgehead atoms. The first-order valence-corrected chi connectivity index (χ1v) is 16.9. The van der Waals surface area contributed by atoms with Crippen LogP contribution in [0.4, 0.5) is 0 Å². The lowest BCUT2D eigenvalue weighted by Gasteiger charge is -2.72. The Morgan fingerprint density at radius 2 is 1.67 bits per heavy atom. The summed E-state index contributed by atoms with van der Waals surface area (Å²) in [4.78, 5) is 22.8. The highest BCUT2D eigenvalue weighted by atomic mass is 16.4. The van der Waals surface area contributed by atoms with Gasteiger partial charge in [0.25, 0.3) is 0 Å². The van der Waals surface area contributed by atoms with Crippen LogP contribution in [0.2, 0.25) is 0 Å². The van der Waals surface area contributed by atoms with Gasteiger partial charge in [-0.05, 0) is 127 Å². The van der Waals surface area contributed by atoms with E-state index >= 15 is 0 Å². The lowest BCUT2D eigenvalue weighted by Crippen LogP contribution is -2.67. The van der Waals surface area contributed by atoms with Gasteiger partial charge in [-0.1, -0.05) is 60.1 Å². The van der Waals surface area contributed by atoms with Crippen molar-refractivity contribution in [2.45, 2.75) is 137 Å². The number of carbonyl (C=O) groups is 2. The number of nitrogens with one attached hydrogen (secondary N) is 1. The molecule has 4 N–H and O–H groups in total. The third kappa shape index (κ3) is 4.73. The molecule has 9 atom stereocenters. The molecule has 0 saturated heterocycles. The number of hydrogen-bond acceptors (Lipinski definition) is 4. The van der Waals surface area contributed by atoms with Crippen LogP contribution in [0.15, 0.2) is 23.3 Å². The van der Waals surface area contributed by atoms with Crippen LogP contribution in [0.5, 0.6) is 0 Å². The molecular weight excluding hydrogens is 526 g/mol. The Bertz CT molecular complexity index is 1140. The average Bonchev–Trinajstić information content (AvgIpc) is 3.34. The molecule has 6 heteroatoms. The Morgan fingerprint density at radius 1 is 0.929 bits per heavy atom. The predicted octanol–water partition coefficient (Wildman–Crippen LogP) is 7.37. The monoisotopic (exact) mass is 583 g/mol. The molecule has 0 radical (unpaired) electrons. The number of rotatable bonds is 9. The fourth-order valence-corrected chi connectivity index (χ4v) is 12.3. The summed E-state index contributed by atoms with van der Waals surface area (Å²) in [5.74, 6) is 0.533. The van der Waals surface area contributed by atoms with E-state index in [0.29, 0.717) is 30.1 Å². The highest BCUT2D eigenvalue weighted by Gasteiger charge is 2.69. The van der Waals surface area contributed by atoms with Crippen LogP contribution in [-0.4, -0.2) is 45.4 Å². The minimum absolute atomic E-state index is 0.00760. The summed E-state index contributed by atoms with van der Waals surface area (Å²) in [5.41, 5.74) is 3.34. The van der Waals surface area contributed by atoms with Crippen molar-refractivity contribution in [3.63, 3.8) is 0 Å². The van der Waals surface area contributed by atoms with Gasteiger partial charge in [-0.15, -0.1) is 0 Å². The predicted molar refractivity (Wildman–Crippen MR) is 166 cm³/mol. The van der Waals surface area contributed by atoms with Crippen molar-refractivity contribution in [3.8, 4) is 0 Å². The van der Waals surface area contributed by atoms with Gasteiger partial charge < -0.3 is 20.6 Å². The van der Waals surface area contributed by atoms with Gasteiger partial charge in [-0.3, -0.25) is 4.79 Å². The molecular formula is C36H57NO5. The fraction of sp³-hybridized carbons (Fsp3) is 0.833. The molecule has 5 rings (SSSR count). The zero-order valence-electron chi connectivity index (χ0n) is 27.1. The third-order valence-corrected chi connectivity index (χ3v) is 14.3. The van der Waals surface area contributed by atoms with Crippen molar-refractivity contribution >= 4 is 11.9 Å². The second kappa shape index (κ2) is 11.1. The molecule has 0 aromatic heterocycles. The highest BCUT2D eigenvalue weighted by Crippen LogP contribution is 2.76. The number of hydrogen-bond donors (Lipinski definition) is 4. The van der Waals surface area contributed by atoms with Gasteiger partial charge in [0.05, 0.1) is 0 Å². The molecule has 7 unspecified atom stereocenters. The maximum atomic E-state index is 11.5. The zero-order chi connectivity index (χ0) is 30.7. The number of aliphatic hydroxyl groups is 1. The van der Waals surface area contributed by atoms with Crippen molar-refractivity contribution in [3.05, 3.63) is 23.3 Å². The fourth-order valence-electron chi connectivity index (χ4n) is 12.3. The molecule has 0 aromatic carbocycles. The molecule has 0 heterocycles. The second-order valence-electron chi connectivity index (χ2n) is 16.1. The van der Waals surface area contributed by atoms with Crippen molar-refractivity contribution in [1.82, 2.24) is 5.32 Å². The van der Waals surface area contributed by atoms with E-state index in [2.05, 4.69) is 59.0 Å². The first-order chi connectivity index (χ1) is 19.7. The normalized spacial score (nSPS) is 43.3. The van der Waals surface area contributed by atoms with Crippen molar-refractivity contribution in [1.29, 1.82) is 0 Å². The van der Waals surface area contributed by atoms with E-state index in [1.165, 1.54) is 56.1 Å². The number of β-amino-alcohol motifs (C(OH)–C–C–N with tert-alkyl or cyclic N) is 1. The number of fused-ring (bicyclic) bond motifs is 7. The minimum Gasteiger partial charge on any atom is -0.481 e. The van der Waals surface area contributed by atoms with Gasteiger partial charge in [0.1, 0.15) is 0 Å². The standard InChI is InChI=1S/C36H57NO5/c1-7-9-23(11-14-30(39)40)24-15-18-33(4)28(32(24,2)3)16-19-35(6)29(33)13-12-25-26-10-8-17-36(26,21-20-34(25,35)5)37-22-27(38)31(41)42/h9,15,25-29,37-38H,7-8,10-14,16-22H2,1-6H3,(H,39,40)(H,41,42)/b23-9+/t25?,26-,27?,28?,29?,33?,34-,35?,36?/m1/s1. The first kappa shape index (κ1) is 31.8. The maximum Gasteiger partial charge on any atom is 0.333 e. The number of allylic oxidation sites excluding steroid dienone is 4. The second-order valence-corrected chi connectivity index (χ2v) is 16.1. The van der Waals surface area contributed by atoms with Crippen LogP contribution < -0.4 is 5.32 Å². The van der Waals surface area contributed by atoms with Crippen LogP contribution in [0, 0.1) is 45.3 Å². The summed E-state index contributed by atoms with van der Waals surface area (Å²) in [6.07, 6.45) is 16.9. The quantitative estimate of drug-likeness (QED) is 0.226. The summed E-state index contributed by atoms with van der Waals surface area (Å²) in [6.45, 7) is 15.0. The lowest BCUT2D eigenvalue weighted by atomic mass is 9.33. The van der Waals surface area contributed by atoms with E-state index in [-0.39, 0.29) is 40.2 Å². The van der Waals surface area contributed by atoms with Crippen LogP contribution >= 0.6 is 0 Å². The van der Waals surface area contributed by atoms with Gasteiger partial charge in [-0.25, -0.2) is 4.79 Å². The Hall–Kier alpha value is -1.66. The van der Waals surface area contributed by atoms with Crippen LogP contribution in [0.1, 0.15) is 125 Å². The van der Waals surface area contributed by atoms with E-state index in [9.17, 15) is 24.9 Å². The van der Waals surface area contributed by atoms with Crippen molar-refractivity contribution < 1.29 is 24.9 Å².